The molecule has 52 heavy (non-hydrogen) atoms. The molecule has 0 saturated heterocycles. The summed E-state index contributed by atoms with van der Waals surface area (Å²) < 4.78 is 6.58. The Morgan fingerprint density at radius 2 is 1.60 bits per heavy atom. The lowest BCUT2D eigenvalue weighted by molar-refractivity contribution is -0.137. The van der Waals surface area contributed by atoms with Crippen molar-refractivity contribution in [1.29, 1.82) is 0 Å². The van der Waals surface area contributed by atoms with Crippen LogP contribution in [-0.2, 0) is 14.4 Å². The van der Waals surface area contributed by atoms with Crippen LogP contribution in [0, 0.1) is 0 Å². The molecule has 0 bridgehead atoms. The van der Waals surface area contributed by atoms with Gasteiger partial charge in [-0.3, -0.25) is 24.2 Å². The van der Waals surface area contributed by atoms with E-state index >= 15 is 0 Å². The summed E-state index contributed by atoms with van der Waals surface area (Å²) in [5.74, 6) is -0.792. The highest BCUT2D eigenvalue weighted by Gasteiger charge is 2.31. The molecule has 2 aromatic rings. The van der Waals surface area contributed by atoms with Gasteiger partial charge in [0.05, 0.1) is 11.6 Å². The largest absolute Gasteiger partial charge is 0.478 e. The van der Waals surface area contributed by atoms with Gasteiger partial charge in [-0.05, 0) is 81.5 Å². The Bertz CT molecular complexity index is 1840. The first-order valence-electron chi connectivity index (χ1n) is 17.8. The maximum Gasteiger partial charge on any atom is 0.336 e. The topological polar surface area (TPSA) is 144 Å². The van der Waals surface area contributed by atoms with Crippen molar-refractivity contribution in [3.8, 4) is 5.75 Å². The molecule has 0 spiro atoms. The van der Waals surface area contributed by atoms with Gasteiger partial charge in [0.25, 0.3) is 11.8 Å². The first kappa shape index (κ1) is 38.0. The summed E-state index contributed by atoms with van der Waals surface area (Å²) in [5.41, 5.74) is 4.66. The zero-order valence-electron chi connectivity index (χ0n) is 30.0. The van der Waals surface area contributed by atoms with Gasteiger partial charge in [0, 0.05) is 85.4 Å². The number of thiocarbonyl (C=S) groups is 1. The summed E-state index contributed by atoms with van der Waals surface area (Å²) in [4.78, 5) is 53.8. The smallest absolute Gasteiger partial charge is 0.336 e. The summed E-state index contributed by atoms with van der Waals surface area (Å²) in [6.45, 7) is 12.8. The van der Waals surface area contributed by atoms with Crippen LogP contribution >= 0.6 is 12.2 Å². The summed E-state index contributed by atoms with van der Waals surface area (Å²) in [6.07, 6.45) is 9.24. The highest BCUT2D eigenvalue weighted by molar-refractivity contribution is 7.80. The monoisotopic (exact) mass is 726 g/mol. The van der Waals surface area contributed by atoms with Crippen molar-refractivity contribution in [1.82, 2.24) is 20.4 Å². The minimum atomic E-state index is -1.07. The number of benzene rings is 2. The molecule has 1 unspecified atom stereocenters. The number of carbonyl (C=O) groups is 4. The third kappa shape index (κ3) is 8.60. The van der Waals surface area contributed by atoms with Crippen molar-refractivity contribution >= 4 is 58.0 Å². The predicted molar refractivity (Wildman–Crippen MR) is 206 cm³/mol. The average Bonchev–Trinajstić information content (AvgIpc) is 3.46. The highest BCUT2D eigenvalue weighted by atomic mass is 32.1. The number of anilines is 2. The van der Waals surface area contributed by atoms with Crippen molar-refractivity contribution < 1.29 is 29.0 Å². The van der Waals surface area contributed by atoms with Gasteiger partial charge < -0.3 is 30.7 Å². The SMILES string of the molecule is CCN(CC)c1ccc2c(c1)OC1=CC(N(CC)CC)C=CC1=C2c1ccc(NC(=S)NCCCNC(=O)CCN2C(=O)C=CC2=O)cc1C(=O)O. The Labute approximate surface area is 309 Å². The first-order valence-corrected chi connectivity index (χ1v) is 18.2. The van der Waals surface area contributed by atoms with Crippen LogP contribution in [0.15, 0.2) is 78.1 Å². The molecule has 13 heteroatoms. The van der Waals surface area contributed by atoms with E-state index in [0.717, 1.165) is 53.5 Å². The number of nitrogens with zero attached hydrogens (tertiary/aromatic N) is 3. The lowest BCUT2D eigenvalue weighted by atomic mass is 9.84. The van der Waals surface area contributed by atoms with E-state index in [9.17, 15) is 24.3 Å². The van der Waals surface area contributed by atoms with E-state index in [2.05, 4.69) is 71.7 Å². The van der Waals surface area contributed by atoms with Crippen LogP contribution in [0.2, 0.25) is 0 Å². The number of nitrogens with one attached hydrogen (secondary N) is 3. The molecule has 0 radical (unpaired) electrons. The van der Waals surface area contributed by atoms with Gasteiger partial charge in [-0.25, -0.2) is 4.79 Å². The second-order valence-electron chi connectivity index (χ2n) is 12.4. The quantitative estimate of drug-likeness (QED) is 0.109. The molecule has 0 fully saturated rings. The number of allylic oxidation sites excluding steroid dienone is 1. The standard InChI is InChI=1S/C39H46N6O6S/c1-5-43(6-2)26-11-14-29-32(23-26)51-33-24-27(44(7-3)8-4)12-15-30(33)37(29)28-13-10-25(22-31(28)38(49)50)42-39(52)41-20-9-19-40-34(46)18-21-45-35(47)16-17-36(45)48/h10-17,22-24,26H,5-9,18-21H2,1-4H3,(H,40,46)(H,49,50)(H2,41,42,52). The number of hydrogen-bond acceptors (Lipinski definition) is 8. The lowest BCUT2D eigenvalue weighted by Gasteiger charge is -2.33. The zero-order chi connectivity index (χ0) is 37.4. The molecule has 274 valence electrons. The maximum atomic E-state index is 12.8. The van der Waals surface area contributed by atoms with Gasteiger partial charge in [0.2, 0.25) is 5.91 Å². The normalized spacial score (nSPS) is 16.0. The minimum Gasteiger partial charge on any atom is -0.478 e. The van der Waals surface area contributed by atoms with Gasteiger partial charge in [-0.15, -0.1) is 0 Å². The predicted octanol–water partition coefficient (Wildman–Crippen LogP) is 4.70. The molecule has 2 aliphatic heterocycles. The molecular weight excluding hydrogens is 681 g/mol. The second kappa shape index (κ2) is 17.3. The van der Waals surface area contributed by atoms with Crippen LogP contribution in [0.3, 0.4) is 0 Å². The number of fused-ring (bicyclic) bond motifs is 2. The summed E-state index contributed by atoms with van der Waals surface area (Å²) in [7, 11) is 0. The van der Waals surface area contributed by atoms with Crippen molar-refractivity contribution in [2.45, 2.75) is 46.6 Å². The molecule has 1 atom stereocenters. The fraction of sp³-hybridized carbons (Fsp3) is 0.359. The summed E-state index contributed by atoms with van der Waals surface area (Å²) >= 11 is 5.48. The van der Waals surface area contributed by atoms with Gasteiger partial charge in [0.1, 0.15) is 11.5 Å². The number of aromatic carboxylic acids is 1. The van der Waals surface area contributed by atoms with Crippen molar-refractivity contribution in [2.75, 3.05) is 56.0 Å². The Kier molecular flexibility index (Phi) is 12.6. The first-order chi connectivity index (χ1) is 25.1. The number of ether oxygens (including phenoxy) is 1. The number of carboxylic acid groups (broad SMARTS) is 1. The third-order valence-electron chi connectivity index (χ3n) is 9.34. The zero-order valence-corrected chi connectivity index (χ0v) is 30.8. The van der Waals surface area contributed by atoms with Gasteiger partial charge in [-0.2, -0.15) is 0 Å². The third-order valence-corrected chi connectivity index (χ3v) is 9.58. The van der Waals surface area contributed by atoms with E-state index in [1.807, 2.05) is 24.3 Å². The molecular formula is C39H46N6O6S. The van der Waals surface area contributed by atoms with E-state index < -0.39 is 17.8 Å². The van der Waals surface area contributed by atoms with Gasteiger partial charge in [-0.1, -0.05) is 32.1 Å². The van der Waals surface area contributed by atoms with Gasteiger partial charge in [0.15, 0.2) is 5.11 Å². The van der Waals surface area contributed by atoms with E-state index in [0.29, 0.717) is 47.4 Å². The van der Waals surface area contributed by atoms with Gasteiger partial charge >= 0.3 is 5.97 Å². The van der Waals surface area contributed by atoms with Crippen molar-refractivity contribution in [3.63, 3.8) is 0 Å². The summed E-state index contributed by atoms with van der Waals surface area (Å²) in [6, 6.07) is 11.3. The number of likely N-dealkylation sites (N-methyl/N-ethyl adjacent to an activating group) is 1. The number of amides is 3. The van der Waals surface area contributed by atoms with E-state index in [1.54, 1.807) is 12.1 Å². The average molecular weight is 727 g/mol. The molecule has 0 aromatic heterocycles. The Morgan fingerprint density at radius 1 is 0.904 bits per heavy atom. The summed E-state index contributed by atoms with van der Waals surface area (Å²) in [5, 5.41) is 19.7. The molecule has 2 aromatic carbocycles. The van der Waals surface area contributed by atoms with Crippen LogP contribution in [0.4, 0.5) is 11.4 Å². The molecule has 1 aliphatic carbocycles. The van der Waals surface area contributed by atoms with E-state index in [-0.39, 0.29) is 30.5 Å². The lowest BCUT2D eigenvalue weighted by Crippen LogP contribution is -2.36. The number of carboxylic acids is 1. The molecule has 12 nitrogen and oxygen atoms in total. The highest BCUT2D eigenvalue weighted by Crippen LogP contribution is 2.45. The second-order valence-corrected chi connectivity index (χ2v) is 12.8. The molecule has 5 rings (SSSR count). The Hall–Kier alpha value is -5.27. The number of imide groups is 1. The molecule has 0 saturated carbocycles. The van der Waals surface area contributed by atoms with Crippen LogP contribution in [0.1, 0.15) is 62.0 Å². The van der Waals surface area contributed by atoms with Crippen LogP contribution in [0.5, 0.6) is 5.75 Å². The van der Waals surface area contributed by atoms with Crippen LogP contribution in [0.25, 0.3) is 5.57 Å². The van der Waals surface area contributed by atoms with Crippen molar-refractivity contribution in [3.05, 3.63) is 94.8 Å². The Balaban J connectivity index is 1.30. The molecule has 2 heterocycles. The Morgan fingerprint density at radius 3 is 2.27 bits per heavy atom. The van der Waals surface area contributed by atoms with Crippen molar-refractivity contribution in [2.24, 2.45) is 0 Å². The minimum absolute atomic E-state index is 0.0214. The molecule has 4 N–H and O–H groups in total. The molecule has 3 aliphatic rings. The van der Waals surface area contributed by atoms with Crippen LogP contribution < -0.4 is 25.6 Å². The number of carbonyl (C=O) groups excluding carboxylic acids is 3. The van der Waals surface area contributed by atoms with E-state index in [4.69, 9.17) is 17.0 Å². The maximum absolute atomic E-state index is 12.8. The fourth-order valence-corrected chi connectivity index (χ4v) is 6.77. The fourth-order valence-electron chi connectivity index (χ4n) is 6.55. The van der Waals surface area contributed by atoms with Crippen LogP contribution in [-0.4, -0.2) is 95.6 Å². The molecule has 3 amide bonds. The number of rotatable bonds is 16. The number of hydrogen-bond donors (Lipinski definition) is 4. The van der Waals surface area contributed by atoms with E-state index in [1.165, 1.54) is 12.2 Å².